The van der Waals surface area contributed by atoms with Gasteiger partial charge in [-0.2, -0.15) is 0 Å². The zero-order chi connectivity index (χ0) is 11.3. The summed E-state index contributed by atoms with van der Waals surface area (Å²) in [6, 6.07) is 6.72. The molecule has 2 aromatic rings. The number of aromatic nitrogens is 1. The lowest BCUT2D eigenvalue weighted by Gasteiger charge is -2.06. The molecule has 0 aliphatic heterocycles. The molecule has 80 valence electrons. The van der Waals surface area contributed by atoms with Crippen molar-refractivity contribution in [1.29, 1.82) is 0 Å². The summed E-state index contributed by atoms with van der Waals surface area (Å²) in [5.41, 5.74) is 9.45. The Kier molecular flexibility index (Phi) is 1.90. The van der Waals surface area contributed by atoms with E-state index in [1.165, 1.54) is 33.4 Å². The molecule has 1 heteroatoms. The zero-order valence-corrected chi connectivity index (χ0v) is 9.96. The van der Waals surface area contributed by atoms with Crippen LogP contribution in [0.15, 0.2) is 24.4 Å². The van der Waals surface area contributed by atoms with Crippen molar-refractivity contribution in [2.75, 3.05) is 0 Å². The Balaban J connectivity index is 2.30. The van der Waals surface area contributed by atoms with Crippen molar-refractivity contribution in [2.24, 2.45) is 0 Å². The van der Waals surface area contributed by atoms with Crippen molar-refractivity contribution >= 4 is 0 Å². The van der Waals surface area contributed by atoms with E-state index in [9.17, 15) is 0 Å². The van der Waals surface area contributed by atoms with E-state index in [1.54, 1.807) is 0 Å². The standard InChI is InChI=1S/C15H15N/c1-9-4-5-12-7-13-10(2)11(3)16-8-15(13)14(12)6-9/h4-6,8H,7H2,1-3H3. The Morgan fingerprint density at radius 1 is 1.06 bits per heavy atom. The third kappa shape index (κ3) is 1.21. The molecule has 0 unspecified atom stereocenters. The lowest BCUT2D eigenvalue weighted by Crippen LogP contribution is -1.93. The predicted molar refractivity (Wildman–Crippen MR) is 66.7 cm³/mol. The lowest BCUT2D eigenvalue weighted by molar-refractivity contribution is 1.10. The average molecular weight is 209 g/mol. The van der Waals surface area contributed by atoms with Crippen molar-refractivity contribution in [2.45, 2.75) is 27.2 Å². The number of fused-ring (bicyclic) bond motifs is 3. The summed E-state index contributed by atoms with van der Waals surface area (Å²) in [6.45, 7) is 6.41. The molecule has 0 spiro atoms. The maximum atomic E-state index is 4.48. The fraction of sp³-hybridized carbons (Fsp3) is 0.267. The van der Waals surface area contributed by atoms with Gasteiger partial charge >= 0.3 is 0 Å². The minimum atomic E-state index is 1.07. The van der Waals surface area contributed by atoms with Gasteiger partial charge in [0, 0.05) is 17.5 Å². The van der Waals surface area contributed by atoms with E-state index in [1.807, 2.05) is 6.20 Å². The molecule has 0 bridgehead atoms. The molecule has 1 heterocycles. The highest BCUT2D eigenvalue weighted by molar-refractivity contribution is 5.77. The second kappa shape index (κ2) is 3.18. The van der Waals surface area contributed by atoms with Crippen LogP contribution < -0.4 is 0 Å². The molecule has 0 N–H and O–H groups in total. The van der Waals surface area contributed by atoms with Crippen LogP contribution in [0.1, 0.15) is 27.9 Å². The molecule has 3 rings (SSSR count). The number of pyridine rings is 1. The number of rotatable bonds is 0. The van der Waals surface area contributed by atoms with Crippen LogP contribution in [0.5, 0.6) is 0 Å². The quantitative estimate of drug-likeness (QED) is 0.551. The van der Waals surface area contributed by atoms with Crippen LogP contribution in [0.25, 0.3) is 11.1 Å². The minimum absolute atomic E-state index is 1.07. The molecular formula is C15H15N. The summed E-state index contributed by atoms with van der Waals surface area (Å²) in [5.74, 6) is 0. The second-order valence-electron chi connectivity index (χ2n) is 4.70. The highest BCUT2D eigenvalue weighted by Crippen LogP contribution is 2.38. The molecule has 0 radical (unpaired) electrons. The molecule has 0 amide bonds. The molecule has 1 aliphatic rings. The van der Waals surface area contributed by atoms with Gasteiger partial charge in [0.15, 0.2) is 0 Å². The third-order valence-electron chi connectivity index (χ3n) is 3.63. The Hall–Kier alpha value is -1.63. The molecule has 0 atom stereocenters. The van der Waals surface area contributed by atoms with E-state index >= 15 is 0 Å². The molecule has 16 heavy (non-hydrogen) atoms. The lowest BCUT2D eigenvalue weighted by atomic mass is 10.0. The highest BCUT2D eigenvalue weighted by Gasteiger charge is 2.20. The molecule has 1 aromatic carbocycles. The van der Waals surface area contributed by atoms with E-state index in [4.69, 9.17) is 0 Å². The zero-order valence-electron chi connectivity index (χ0n) is 9.96. The molecule has 0 fully saturated rings. The van der Waals surface area contributed by atoms with E-state index in [0.29, 0.717) is 0 Å². The van der Waals surface area contributed by atoms with Gasteiger partial charge in [-0.25, -0.2) is 0 Å². The highest BCUT2D eigenvalue weighted by atomic mass is 14.7. The smallest absolute Gasteiger partial charge is 0.0405 e. The summed E-state index contributed by atoms with van der Waals surface area (Å²) in [7, 11) is 0. The average Bonchev–Trinajstić information content (AvgIpc) is 2.62. The first-order chi connectivity index (χ1) is 7.66. The number of hydrogen-bond donors (Lipinski definition) is 0. The van der Waals surface area contributed by atoms with Crippen molar-refractivity contribution < 1.29 is 0 Å². The minimum Gasteiger partial charge on any atom is -0.261 e. The first-order valence-electron chi connectivity index (χ1n) is 5.72. The van der Waals surface area contributed by atoms with Gasteiger partial charge < -0.3 is 0 Å². The Morgan fingerprint density at radius 2 is 1.88 bits per heavy atom. The maximum absolute atomic E-state index is 4.48. The Labute approximate surface area is 96.2 Å². The van der Waals surface area contributed by atoms with Crippen molar-refractivity contribution in [3.8, 4) is 11.1 Å². The Morgan fingerprint density at radius 3 is 2.69 bits per heavy atom. The predicted octanol–water partition coefficient (Wildman–Crippen LogP) is 3.58. The molecule has 0 saturated heterocycles. The monoisotopic (exact) mass is 209 g/mol. The number of nitrogens with zero attached hydrogens (tertiary/aromatic N) is 1. The maximum Gasteiger partial charge on any atom is 0.0405 e. The van der Waals surface area contributed by atoms with Gasteiger partial charge in [-0.05, 0) is 49.4 Å². The van der Waals surface area contributed by atoms with E-state index < -0.39 is 0 Å². The fourth-order valence-electron chi connectivity index (χ4n) is 2.50. The van der Waals surface area contributed by atoms with Gasteiger partial charge in [0.1, 0.15) is 0 Å². The van der Waals surface area contributed by atoms with Crippen LogP contribution in [0, 0.1) is 20.8 Å². The van der Waals surface area contributed by atoms with Crippen molar-refractivity contribution in [1.82, 2.24) is 4.98 Å². The van der Waals surface area contributed by atoms with Gasteiger partial charge in [-0.3, -0.25) is 4.98 Å². The van der Waals surface area contributed by atoms with Gasteiger partial charge in [0.25, 0.3) is 0 Å². The SMILES string of the molecule is Cc1ccc2c(c1)-c1cnc(C)c(C)c1C2. The first-order valence-corrected chi connectivity index (χ1v) is 5.72. The van der Waals surface area contributed by atoms with E-state index in [2.05, 4.69) is 44.0 Å². The molecular weight excluding hydrogens is 194 g/mol. The van der Waals surface area contributed by atoms with E-state index in [0.717, 1.165) is 12.1 Å². The van der Waals surface area contributed by atoms with Crippen LogP contribution in [0.4, 0.5) is 0 Å². The summed E-state index contributed by atoms with van der Waals surface area (Å²) in [5, 5.41) is 0. The first kappa shape index (κ1) is 9.59. The fourth-order valence-corrected chi connectivity index (χ4v) is 2.50. The van der Waals surface area contributed by atoms with Gasteiger partial charge in [-0.15, -0.1) is 0 Å². The van der Waals surface area contributed by atoms with Crippen LogP contribution in [-0.2, 0) is 6.42 Å². The van der Waals surface area contributed by atoms with Crippen LogP contribution in [0.3, 0.4) is 0 Å². The number of hydrogen-bond acceptors (Lipinski definition) is 1. The van der Waals surface area contributed by atoms with Gasteiger partial charge in [-0.1, -0.05) is 23.8 Å². The van der Waals surface area contributed by atoms with Crippen LogP contribution in [0.2, 0.25) is 0 Å². The summed E-state index contributed by atoms with van der Waals surface area (Å²) >= 11 is 0. The van der Waals surface area contributed by atoms with E-state index in [-0.39, 0.29) is 0 Å². The van der Waals surface area contributed by atoms with Crippen molar-refractivity contribution in [3.63, 3.8) is 0 Å². The summed E-state index contributed by atoms with van der Waals surface area (Å²) in [6.07, 6.45) is 3.10. The molecule has 1 nitrogen and oxygen atoms in total. The van der Waals surface area contributed by atoms with Gasteiger partial charge in [0.05, 0.1) is 0 Å². The van der Waals surface area contributed by atoms with Crippen LogP contribution in [-0.4, -0.2) is 4.98 Å². The third-order valence-corrected chi connectivity index (χ3v) is 3.63. The molecule has 1 aliphatic carbocycles. The summed E-state index contributed by atoms with van der Waals surface area (Å²) < 4.78 is 0. The van der Waals surface area contributed by atoms with Crippen LogP contribution >= 0.6 is 0 Å². The Bertz CT molecular complexity index is 582. The van der Waals surface area contributed by atoms with Gasteiger partial charge in [0.2, 0.25) is 0 Å². The largest absolute Gasteiger partial charge is 0.261 e. The molecule has 1 aromatic heterocycles. The topological polar surface area (TPSA) is 12.9 Å². The molecule has 0 saturated carbocycles. The summed E-state index contributed by atoms with van der Waals surface area (Å²) in [4.78, 5) is 4.48. The second-order valence-corrected chi connectivity index (χ2v) is 4.70. The normalized spacial score (nSPS) is 12.4. The van der Waals surface area contributed by atoms with Crippen molar-refractivity contribution in [3.05, 3.63) is 52.3 Å². The number of benzene rings is 1. The number of aryl methyl sites for hydroxylation is 2.